The van der Waals surface area contributed by atoms with Crippen LogP contribution in [0.3, 0.4) is 0 Å². The van der Waals surface area contributed by atoms with Crippen LogP contribution in [0.4, 0.5) is 11.4 Å². The van der Waals surface area contributed by atoms with E-state index in [1.165, 1.54) is 26.0 Å². The molecule has 0 aliphatic rings. The molecular formula is C26H30N2O6. The van der Waals surface area contributed by atoms with Crippen molar-refractivity contribution in [1.29, 1.82) is 0 Å². The Bertz CT molecular complexity index is 1050. The van der Waals surface area contributed by atoms with E-state index in [2.05, 4.69) is 10.6 Å². The maximum Gasteiger partial charge on any atom is 0.331 e. The molecule has 0 atom stereocenters. The maximum atomic E-state index is 11.5. The number of carboxylic acid groups (broad SMARTS) is 1. The van der Waals surface area contributed by atoms with Crippen molar-refractivity contribution in [1.82, 2.24) is 0 Å². The molecule has 8 heteroatoms. The molecule has 3 N–H and O–H groups in total. The number of carbonyl (C=O) groups is 4. The predicted molar refractivity (Wildman–Crippen MR) is 133 cm³/mol. The molecule has 0 aromatic heterocycles. The van der Waals surface area contributed by atoms with Crippen LogP contribution in [0.2, 0.25) is 0 Å². The van der Waals surface area contributed by atoms with Gasteiger partial charge in [-0.3, -0.25) is 9.59 Å². The fourth-order valence-corrected chi connectivity index (χ4v) is 2.43. The lowest BCUT2D eigenvalue weighted by Crippen LogP contribution is -2.22. The molecule has 0 saturated heterocycles. The Labute approximate surface area is 199 Å². The average Bonchev–Trinajstić information content (AvgIpc) is 2.71. The number of rotatable bonds is 6. The van der Waals surface area contributed by atoms with Crippen molar-refractivity contribution in [2.24, 2.45) is 0 Å². The normalized spacial score (nSPS) is 10.9. The zero-order chi connectivity index (χ0) is 25.7. The second-order valence-electron chi connectivity index (χ2n) is 8.14. The van der Waals surface area contributed by atoms with E-state index in [0.717, 1.165) is 22.9 Å². The van der Waals surface area contributed by atoms with Gasteiger partial charge >= 0.3 is 11.9 Å². The van der Waals surface area contributed by atoms with Gasteiger partial charge in [0, 0.05) is 37.4 Å². The number of aliphatic carboxylic acids is 1. The van der Waals surface area contributed by atoms with E-state index in [4.69, 9.17) is 9.84 Å². The van der Waals surface area contributed by atoms with Crippen molar-refractivity contribution in [3.63, 3.8) is 0 Å². The first kappa shape index (κ1) is 27.8. The highest BCUT2D eigenvalue weighted by molar-refractivity contribution is 5.90. The van der Waals surface area contributed by atoms with Crippen LogP contribution in [0.1, 0.15) is 45.7 Å². The molecule has 180 valence electrons. The number of benzene rings is 2. The van der Waals surface area contributed by atoms with Crippen LogP contribution < -0.4 is 10.6 Å². The minimum atomic E-state index is -0.985. The first-order chi connectivity index (χ1) is 15.8. The Balaban J connectivity index is 0.000000350. The number of nitrogens with one attached hydrogen (secondary N) is 2. The van der Waals surface area contributed by atoms with Gasteiger partial charge in [0.1, 0.15) is 5.60 Å². The second-order valence-corrected chi connectivity index (χ2v) is 8.14. The van der Waals surface area contributed by atoms with Crippen LogP contribution in [-0.4, -0.2) is 34.5 Å². The van der Waals surface area contributed by atoms with Crippen LogP contribution in [0.5, 0.6) is 0 Å². The molecule has 0 aliphatic heterocycles. The number of hydrogen-bond donors (Lipinski definition) is 3. The van der Waals surface area contributed by atoms with E-state index in [-0.39, 0.29) is 17.8 Å². The van der Waals surface area contributed by atoms with Crippen molar-refractivity contribution in [3.05, 3.63) is 71.8 Å². The maximum absolute atomic E-state index is 11.5. The van der Waals surface area contributed by atoms with E-state index >= 15 is 0 Å². The number of carbonyl (C=O) groups excluding carboxylic acids is 3. The second kappa shape index (κ2) is 13.4. The molecule has 2 rings (SSSR count). The van der Waals surface area contributed by atoms with Gasteiger partial charge in [-0.1, -0.05) is 24.3 Å². The zero-order valence-corrected chi connectivity index (χ0v) is 19.9. The van der Waals surface area contributed by atoms with Crippen LogP contribution in [0, 0.1) is 0 Å². The third-order valence-corrected chi connectivity index (χ3v) is 3.70. The highest BCUT2D eigenvalue weighted by atomic mass is 16.6. The Morgan fingerprint density at radius 3 is 1.44 bits per heavy atom. The van der Waals surface area contributed by atoms with E-state index in [1.807, 2.05) is 32.9 Å². The highest BCUT2D eigenvalue weighted by Gasteiger charge is 2.13. The number of esters is 1. The highest BCUT2D eigenvalue weighted by Crippen LogP contribution is 2.12. The van der Waals surface area contributed by atoms with Gasteiger partial charge in [0.25, 0.3) is 0 Å². The van der Waals surface area contributed by atoms with Gasteiger partial charge in [-0.05, 0) is 68.3 Å². The number of anilines is 2. The lowest BCUT2D eigenvalue weighted by atomic mass is 10.2. The van der Waals surface area contributed by atoms with Crippen LogP contribution >= 0.6 is 0 Å². The molecule has 0 radical (unpaired) electrons. The largest absolute Gasteiger partial charge is 0.478 e. The van der Waals surface area contributed by atoms with Crippen LogP contribution in [0.25, 0.3) is 12.2 Å². The minimum Gasteiger partial charge on any atom is -0.478 e. The van der Waals surface area contributed by atoms with E-state index in [0.29, 0.717) is 5.69 Å². The molecule has 2 aromatic carbocycles. The van der Waals surface area contributed by atoms with E-state index in [1.54, 1.807) is 42.5 Å². The van der Waals surface area contributed by atoms with Crippen molar-refractivity contribution < 1.29 is 29.0 Å². The van der Waals surface area contributed by atoms with Gasteiger partial charge in [-0.2, -0.15) is 0 Å². The minimum absolute atomic E-state index is 0.114. The van der Waals surface area contributed by atoms with Crippen molar-refractivity contribution >= 4 is 47.3 Å². The fourth-order valence-electron chi connectivity index (χ4n) is 2.43. The topological polar surface area (TPSA) is 122 Å². The summed E-state index contributed by atoms with van der Waals surface area (Å²) in [6.45, 7) is 8.34. The molecule has 0 spiro atoms. The predicted octanol–water partition coefficient (Wildman–Crippen LogP) is 4.74. The molecule has 0 heterocycles. The molecule has 0 aliphatic carbocycles. The fraction of sp³-hybridized carbons (Fsp3) is 0.231. The van der Waals surface area contributed by atoms with Crippen LogP contribution in [-0.2, 0) is 23.9 Å². The molecule has 34 heavy (non-hydrogen) atoms. The summed E-state index contributed by atoms with van der Waals surface area (Å²) in [5, 5.41) is 13.7. The Morgan fingerprint density at radius 2 is 1.12 bits per heavy atom. The van der Waals surface area contributed by atoms with Gasteiger partial charge in [0.2, 0.25) is 11.8 Å². The molecule has 0 saturated carbocycles. The van der Waals surface area contributed by atoms with Gasteiger partial charge in [-0.25, -0.2) is 9.59 Å². The monoisotopic (exact) mass is 466 g/mol. The van der Waals surface area contributed by atoms with Gasteiger partial charge in [-0.15, -0.1) is 0 Å². The summed E-state index contributed by atoms with van der Waals surface area (Å²) in [5.41, 5.74) is 2.56. The van der Waals surface area contributed by atoms with Crippen LogP contribution in [0.15, 0.2) is 60.7 Å². The standard InChI is InChI=1S/C15H19NO3.C11H11NO3/c1-11(17)16-13-8-5-12(6-9-13)7-10-14(18)19-15(2,3)4;1-8(13)12-10-5-2-9(3-6-10)4-7-11(14)15/h5-10H,1-4H3,(H,16,17);2-7H,1H3,(H,12,13)(H,14,15)/b10-7+;7-4+. The smallest absolute Gasteiger partial charge is 0.331 e. The third kappa shape index (κ3) is 13.3. The Kier molecular flexibility index (Phi) is 10.9. The number of carboxylic acids is 1. The SMILES string of the molecule is CC(=O)Nc1ccc(/C=C/C(=O)O)cc1.CC(=O)Nc1ccc(/C=C/C(=O)OC(C)(C)C)cc1. The summed E-state index contributed by atoms with van der Waals surface area (Å²) in [6, 6.07) is 14.0. The molecule has 2 amide bonds. The summed E-state index contributed by atoms with van der Waals surface area (Å²) in [7, 11) is 0. The molecule has 8 nitrogen and oxygen atoms in total. The summed E-state index contributed by atoms with van der Waals surface area (Å²) >= 11 is 0. The van der Waals surface area contributed by atoms with Crippen molar-refractivity contribution in [2.45, 2.75) is 40.2 Å². The van der Waals surface area contributed by atoms with E-state index in [9.17, 15) is 19.2 Å². The molecule has 2 aromatic rings. The Hall–Kier alpha value is -4.20. The van der Waals surface area contributed by atoms with Gasteiger partial charge < -0.3 is 20.5 Å². The molecule has 0 bridgehead atoms. The molecule has 0 fully saturated rings. The molecular weight excluding hydrogens is 436 g/mol. The average molecular weight is 467 g/mol. The van der Waals surface area contributed by atoms with Crippen molar-refractivity contribution in [3.8, 4) is 0 Å². The summed E-state index contributed by atoms with van der Waals surface area (Å²) in [4.78, 5) is 43.3. The van der Waals surface area contributed by atoms with Crippen molar-refractivity contribution in [2.75, 3.05) is 10.6 Å². The quantitative estimate of drug-likeness (QED) is 0.417. The summed E-state index contributed by atoms with van der Waals surface area (Å²) < 4.78 is 5.15. The first-order valence-corrected chi connectivity index (χ1v) is 10.4. The summed E-state index contributed by atoms with van der Waals surface area (Å²) in [6.07, 6.45) is 5.61. The Morgan fingerprint density at radius 1 is 0.735 bits per heavy atom. The lowest BCUT2D eigenvalue weighted by Gasteiger charge is -2.17. The zero-order valence-electron chi connectivity index (χ0n) is 19.9. The van der Waals surface area contributed by atoms with E-state index < -0.39 is 11.6 Å². The van der Waals surface area contributed by atoms with Gasteiger partial charge in [0.15, 0.2) is 0 Å². The third-order valence-electron chi connectivity index (χ3n) is 3.70. The number of ether oxygens (including phenoxy) is 1. The summed E-state index contributed by atoms with van der Waals surface area (Å²) in [5.74, 6) is -1.61. The number of hydrogen-bond acceptors (Lipinski definition) is 5. The molecule has 0 unspecified atom stereocenters. The van der Waals surface area contributed by atoms with Gasteiger partial charge in [0.05, 0.1) is 0 Å². The lowest BCUT2D eigenvalue weighted by molar-refractivity contribution is -0.148. The number of amides is 2. The first-order valence-electron chi connectivity index (χ1n) is 10.4.